The number of anilines is 1. The lowest BCUT2D eigenvalue weighted by Crippen LogP contribution is -2.29. The maximum absolute atomic E-state index is 5.97. The van der Waals surface area contributed by atoms with Gasteiger partial charge in [0.2, 0.25) is 0 Å². The summed E-state index contributed by atoms with van der Waals surface area (Å²) in [6.07, 6.45) is 8.87. The Morgan fingerprint density at radius 1 is 1.16 bits per heavy atom. The molecule has 0 aliphatic heterocycles. The smallest absolute Gasteiger partial charge is 0.0372 e. The second-order valence-electron chi connectivity index (χ2n) is 6.39. The van der Waals surface area contributed by atoms with Crippen molar-refractivity contribution in [3.63, 3.8) is 0 Å². The average molecular weight is 258 g/mol. The Morgan fingerprint density at radius 2 is 1.95 bits per heavy atom. The Kier molecular flexibility index (Phi) is 3.79. The minimum atomic E-state index is 0.456. The first-order valence-electron chi connectivity index (χ1n) is 7.85. The van der Waals surface area contributed by atoms with Crippen molar-refractivity contribution in [1.29, 1.82) is 0 Å². The lowest BCUT2D eigenvalue weighted by molar-refractivity contribution is 0.339. The van der Waals surface area contributed by atoms with Crippen LogP contribution >= 0.6 is 0 Å². The van der Waals surface area contributed by atoms with Gasteiger partial charge in [-0.15, -0.1) is 0 Å². The fourth-order valence-corrected chi connectivity index (χ4v) is 3.69. The summed E-state index contributed by atoms with van der Waals surface area (Å²) in [6, 6.07) is 5.07. The molecule has 2 heteroatoms. The van der Waals surface area contributed by atoms with Gasteiger partial charge in [0.25, 0.3) is 0 Å². The third kappa shape index (κ3) is 2.79. The van der Waals surface area contributed by atoms with Crippen LogP contribution in [0.25, 0.3) is 0 Å². The zero-order chi connectivity index (χ0) is 13.2. The molecule has 2 aliphatic rings. The maximum atomic E-state index is 5.97. The van der Waals surface area contributed by atoms with Crippen molar-refractivity contribution in [1.82, 2.24) is 0 Å². The Morgan fingerprint density at radius 3 is 2.74 bits per heavy atom. The van der Waals surface area contributed by atoms with E-state index < -0.39 is 0 Å². The number of hydrogen-bond acceptors (Lipinski definition) is 2. The molecule has 2 aliphatic carbocycles. The number of nitrogens with two attached hydrogens (primary N) is 1. The SMILES string of the molecule is Cc1c(NC[C@H]2CC[C@H](N)CC2)ccc2c1CCC2. The molecule has 0 saturated heterocycles. The van der Waals surface area contributed by atoms with Gasteiger partial charge >= 0.3 is 0 Å². The molecule has 0 spiro atoms. The van der Waals surface area contributed by atoms with E-state index in [4.69, 9.17) is 5.73 Å². The van der Waals surface area contributed by atoms with Crippen molar-refractivity contribution >= 4 is 5.69 Å². The molecule has 3 N–H and O–H groups in total. The van der Waals surface area contributed by atoms with Crippen LogP contribution in [0, 0.1) is 12.8 Å². The first kappa shape index (κ1) is 13.0. The number of hydrogen-bond donors (Lipinski definition) is 2. The molecule has 19 heavy (non-hydrogen) atoms. The molecular weight excluding hydrogens is 232 g/mol. The zero-order valence-electron chi connectivity index (χ0n) is 12.0. The van der Waals surface area contributed by atoms with Crippen LogP contribution in [0.1, 0.15) is 48.8 Å². The molecule has 0 aromatic heterocycles. The number of rotatable bonds is 3. The molecule has 104 valence electrons. The Balaban J connectivity index is 1.61. The second kappa shape index (κ2) is 5.54. The number of benzene rings is 1. The Bertz CT molecular complexity index is 445. The summed E-state index contributed by atoms with van der Waals surface area (Å²) in [7, 11) is 0. The Labute approximate surface area is 116 Å². The summed E-state index contributed by atoms with van der Waals surface area (Å²) in [5, 5.41) is 3.69. The highest BCUT2D eigenvalue weighted by Gasteiger charge is 2.19. The minimum Gasteiger partial charge on any atom is -0.385 e. The second-order valence-corrected chi connectivity index (χ2v) is 6.39. The van der Waals surface area contributed by atoms with E-state index in [2.05, 4.69) is 24.4 Å². The van der Waals surface area contributed by atoms with Crippen LogP contribution in [-0.2, 0) is 12.8 Å². The van der Waals surface area contributed by atoms with Crippen molar-refractivity contribution in [3.05, 3.63) is 28.8 Å². The fraction of sp³-hybridized carbons (Fsp3) is 0.647. The molecule has 1 aromatic carbocycles. The summed E-state index contributed by atoms with van der Waals surface area (Å²) in [6.45, 7) is 3.40. The first-order chi connectivity index (χ1) is 9.24. The van der Waals surface area contributed by atoms with E-state index in [9.17, 15) is 0 Å². The highest BCUT2D eigenvalue weighted by molar-refractivity contribution is 5.57. The van der Waals surface area contributed by atoms with E-state index in [0.29, 0.717) is 6.04 Å². The van der Waals surface area contributed by atoms with E-state index in [0.717, 1.165) is 12.5 Å². The lowest BCUT2D eigenvalue weighted by atomic mass is 9.86. The van der Waals surface area contributed by atoms with Crippen LogP contribution in [0.2, 0.25) is 0 Å². The average Bonchev–Trinajstić information content (AvgIpc) is 2.89. The van der Waals surface area contributed by atoms with Crippen molar-refractivity contribution in [2.75, 3.05) is 11.9 Å². The molecule has 1 saturated carbocycles. The number of aryl methyl sites for hydroxylation is 1. The van der Waals surface area contributed by atoms with Gasteiger partial charge in [0.15, 0.2) is 0 Å². The summed E-state index contributed by atoms with van der Waals surface area (Å²) < 4.78 is 0. The topological polar surface area (TPSA) is 38.0 Å². The first-order valence-corrected chi connectivity index (χ1v) is 7.85. The molecular formula is C17H26N2. The summed E-state index contributed by atoms with van der Waals surface area (Å²) in [5.74, 6) is 0.812. The Hall–Kier alpha value is -1.02. The third-order valence-electron chi connectivity index (χ3n) is 5.04. The van der Waals surface area contributed by atoms with Gasteiger partial charge in [-0.2, -0.15) is 0 Å². The van der Waals surface area contributed by atoms with Crippen LogP contribution in [0.4, 0.5) is 5.69 Å². The van der Waals surface area contributed by atoms with Crippen molar-refractivity contribution < 1.29 is 0 Å². The van der Waals surface area contributed by atoms with Crippen molar-refractivity contribution in [2.45, 2.75) is 57.9 Å². The van der Waals surface area contributed by atoms with Crippen molar-refractivity contribution in [3.8, 4) is 0 Å². The normalized spacial score (nSPS) is 26.2. The number of fused-ring (bicyclic) bond motifs is 1. The quantitative estimate of drug-likeness (QED) is 0.872. The third-order valence-corrected chi connectivity index (χ3v) is 5.04. The van der Waals surface area contributed by atoms with Gasteiger partial charge in [0.05, 0.1) is 0 Å². The van der Waals surface area contributed by atoms with E-state index in [1.165, 1.54) is 56.2 Å². The predicted molar refractivity (Wildman–Crippen MR) is 81.6 cm³/mol. The fourth-order valence-electron chi connectivity index (χ4n) is 3.69. The predicted octanol–water partition coefficient (Wildman–Crippen LogP) is 3.41. The van der Waals surface area contributed by atoms with E-state index in [1.807, 2.05) is 0 Å². The molecule has 0 atom stereocenters. The van der Waals surface area contributed by atoms with Gasteiger partial charge < -0.3 is 11.1 Å². The van der Waals surface area contributed by atoms with E-state index >= 15 is 0 Å². The number of nitrogens with one attached hydrogen (secondary N) is 1. The van der Waals surface area contributed by atoms with Gasteiger partial charge in [0.1, 0.15) is 0 Å². The monoisotopic (exact) mass is 258 g/mol. The van der Waals surface area contributed by atoms with E-state index in [1.54, 1.807) is 11.1 Å². The highest BCUT2D eigenvalue weighted by atomic mass is 14.9. The molecule has 0 amide bonds. The molecule has 2 nitrogen and oxygen atoms in total. The summed E-state index contributed by atoms with van der Waals surface area (Å²) in [5.41, 5.74) is 12.0. The van der Waals surface area contributed by atoms with Gasteiger partial charge in [-0.3, -0.25) is 0 Å². The van der Waals surface area contributed by atoms with Crippen LogP contribution in [0.15, 0.2) is 12.1 Å². The van der Waals surface area contributed by atoms with Gasteiger partial charge in [-0.1, -0.05) is 6.07 Å². The molecule has 0 bridgehead atoms. The van der Waals surface area contributed by atoms with Crippen LogP contribution in [-0.4, -0.2) is 12.6 Å². The molecule has 3 rings (SSSR count). The van der Waals surface area contributed by atoms with Gasteiger partial charge in [0, 0.05) is 18.3 Å². The van der Waals surface area contributed by atoms with Gasteiger partial charge in [-0.05, 0) is 80.5 Å². The summed E-state index contributed by atoms with van der Waals surface area (Å²) >= 11 is 0. The molecule has 0 unspecified atom stereocenters. The molecule has 1 fully saturated rings. The lowest BCUT2D eigenvalue weighted by Gasteiger charge is -2.27. The maximum Gasteiger partial charge on any atom is 0.0372 e. The minimum absolute atomic E-state index is 0.456. The molecule has 0 radical (unpaired) electrons. The molecule has 1 aromatic rings. The van der Waals surface area contributed by atoms with Crippen LogP contribution in [0.5, 0.6) is 0 Å². The standard InChI is InChI=1S/C17H26N2/c1-12-16-4-2-3-14(16)7-10-17(12)19-11-13-5-8-15(18)9-6-13/h7,10,13,15,19H,2-6,8-9,11,18H2,1H3/t13-,15-. The van der Waals surface area contributed by atoms with Crippen LogP contribution < -0.4 is 11.1 Å². The highest BCUT2D eigenvalue weighted by Crippen LogP contribution is 2.30. The van der Waals surface area contributed by atoms with Crippen LogP contribution in [0.3, 0.4) is 0 Å². The zero-order valence-corrected chi connectivity index (χ0v) is 12.0. The van der Waals surface area contributed by atoms with E-state index in [-0.39, 0.29) is 0 Å². The van der Waals surface area contributed by atoms with Crippen molar-refractivity contribution in [2.24, 2.45) is 11.7 Å². The van der Waals surface area contributed by atoms with Gasteiger partial charge in [-0.25, -0.2) is 0 Å². The summed E-state index contributed by atoms with van der Waals surface area (Å²) in [4.78, 5) is 0. The largest absolute Gasteiger partial charge is 0.385 e. The molecule has 0 heterocycles.